The van der Waals surface area contributed by atoms with Gasteiger partial charge in [0.2, 0.25) is 5.89 Å². The number of nitrogen functional groups attached to an aromatic ring is 1. The summed E-state index contributed by atoms with van der Waals surface area (Å²) in [6.45, 7) is 4.01. The lowest BCUT2D eigenvalue weighted by Crippen LogP contribution is -2.06. The van der Waals surface area contributed by atoms with Crippen molar-refractivity contribution in [2.24, 2.45) is 0 Å². The molecule has 0 atom stereocenters. The van der Waals surface area contributed by atoms with Crippen molar-refractivity contribution in [3.63, 3.8) is 0 Å². The molecule has 0 bridgehead atoms. The Morgan fingerprint density at radius 3 is 2.90 bits per heavy atom. The Kier molecular flexibility index (Phi) is 4.55. The molecule has 0 aliphatic heterocycles. The summed E-state index contributed by atoms with van der Waals surface area (Å²) in [7, 11) is 0. The molecule has 110 valence electrons. The third-order valence-electron chi connectivity index (χ3n) is 2.84. The Labute approximate surface area is 125 Å². The summed E-state index contributed by atoms with van der Waals surface area (Å²) in [4.78, 5) is 16.3. The van der Waals surface area contributed by atoms with Gasteiger partial charge < -0.3 is 15.6 Å². The largest absolute Gasteiger partial charge is 0.396 e. The lowest BCUT2D eigenvalue weighted by atomic mass is 10.2. The predicted molar refractivity (Wildman–Crippen MR) is 79.3 cm³/mol. The van der Waals surface area contributed by atoms with Crippen LogP contribution in [0.15, 0.2) is 4.52 Å². The summed E-state index contributed by atoms with van der Waals surface area (Å²) in [5, 5.41) is 16.7. The van der Waals surface area contributed by atoms with Gasteiger partial charge in [-0.3, -0.25) is 4.79 Å². The smallest absolute Gasteiger partial charge is 0.223 e. The number of anilines is 2. The SMILES string of the molecule is CCC(=O)c1sc(NCCc2noc(C)n2)c(C#N)c1N. The number of aryl methyl sites for hydroxylation is 1. The third kappa shape index (κ3) is 3.20. The second-order valence-corrected chi connectivity index (χ2v) is 5.36. The standard InChI is InChI=1S/C13H15N5O2S/c1-3-9(19)12-11(15)8(6-14)13(21-12)16-5-4-10-17-7(2)20-18-10/h16H,3-5,15H2,1-2H3. The van der Waals surface area contributed by atoms with E-state index >= 15 is 0 Å². The predicted octanol–water partition coefficient (Wildman–Crippen LogP) is 2.14. The molecule has 0 fully saturated rings. The minimum Gasteiger partial charge on any atom is -0.396 e. The van der Waals surface area contributed by atoms with Gasteiger partial charge in [0.05, 0.1) is 10.6 Å². The Hall–Kier alpha value is -2.40. The Bertz CT molecular complexity index is 698. The number of aromatic nitrogens is 2. The van der Waals surface area contributed by atoms with Crippen molar-refractivity contribution in [1.82, 2.24) is 10.1 Å². The highest BCUT2D eigenvalue weighted by atomic mass is 32.1. The number of nitrogens with one attached hydrogen (secondary N) is 1. The molecule has 0 amide bonds. The van der Waals surface area contributed by atoms with Gasteiger partial charge in [0, 0.05) is 26.3 Å². The molecule has 0 aliphatic carbocycles. The lowest BCUT2D eigenvalue weighted by molar-refractivity contribution is 0.0993. The average Bonchev–Trinajstić information content (AvgIpc) is 3.02. The topological polar surface area (TPSA) is 118 Å². The van der Waals surface area contributed by atoms with Crippen LogP contribution in [0.2, 0.25) is 0 Å². The van der Waals surface area contributed by atoms with Gasteiger partial charge in [-0.05, 0) is 0 Å². The van der Waals surface area contributed by atoms with E-state index in [-0.39, 0.29) is 11.5 Å². The zero-order valence-corrected chi connectivity index (χ0v) is 12.6. The number of hydrogen-bond donors (Lipinski definition) is 2. The van der Waals surface area contributed by atoms with Crippen LogP contribution in [0.1, 0.15) is 40.3 Å². The van der Waals surface area contributed by atoms with E-state index in [9.17, 15) is 10.1 Å². The van der Waals surface area contributed by atoms with Gasteiger partial charge in [0.25, 0.3) is 0 Å². The molecule has 0 aromatic carbocycles. The summed E-state index contributed by atoms with van der Waals surface area (Å²) in [5.74, 6) is 1.04. The maximum absolute atomic E-state index is 11.8. The van der Waals surface area contributed by atoms with Gasteiger partial charge in [0.15, 0.2) is 11.6 Å². The van der Waals surface area contributed by atoms with Crippen LogP contribution in [0, 0.1) is 18.3 Å². The van der Waals surface area contributed by atoms with Crippen LogP contribution in [-0.4, -0.2) is 22.5 Å². The van der Waals surface area contributed by atoms with E-state index in [0.29, 0.717) is 46.5 Å². The number of ketones is 1. The van der Waals surface area contributed by atoms with Crippen molar-refractivity contribution in [3.05, 3.63) is 22.2 Å². The average molecular weight is 305 g/mol. The number of nitrogens with zero attached hydrogens (tertiary/aromatic N) is 3. The van der Waals surface area contributed by atoms with Gasteiger partial charge in [0.1, 0.15) is 16.6 Å². The number of Topliss-reactive ketones (excluding diaryl/α,β-unsaturated/α-hetero) is 1. The van der Waals surface area contributed by atoms with Crippen molar-refractivity contribution in [1.29, 1.82) is 5.26 Å². The van der Waals surface area contributed by atoms with E-state index in [1.807, 2.05) is 6.07 Å². The van der Waals surface area contributed by atoms with Crippen LogP contribution in [-0.2, 0) is 6.42 Å². The fourth-order valence-electron chi connectivity index (χ4n) is 1.78. The molecule has 0 unspecified atom stereocenters. The molecule has 2 rings (SSSR count). The Morgan fingerprint density at radius 2 is 2.33 bits per heavy atom. The molecule has 0 radical (unpaired) electrons. The van der Waals surface area contributed by atoms with Crippen molar-refractivity contribution >= 4 is 27.8 Å². The van der Waals surface area contributed by atoms with Gasteiger partial charge >= 0.3 is 0 Å². The second-order valence-electron chi connectivity index (χ2n) is 4.34. The van der Waals surface area contributed by atoms with Crippen molar-refractivity contribution < 1.29 is 9.32 Å². The van der Waals surface area contributed by atoms with E-state index in [4.69, 9.17) is 10.3 Å². The first-order valence-electron chi connectivity index (χ1n) is 6.45. The number of carbonyl (C=O) groups excluding carboxylic acids is 1. The van der Waals surface area contributed by atoms with Crippen molar-refractivity contribution in [3.8, 4) is 6.07 Å². The van der Waals surface area contributed by atoms with Crippen molar-refractivity contribution in [2.75, 3.05) is 17.6 Å². The van der Waals surface area contributed by atoms with E-state index in [1.165, 1.54) is 11.3 Å². The maximum atomic E-state index is 11.8. The summed E-state index contributed by atoms with van der Waals surface area (Å²) in [6, 6.07) is 2.04. The summed E-state index contributed by atoms with van der Waals surface area (Å²) >= 11 is 1.21. The van der Waals surface area contributed by atoms with Gasteiger partial charge in [-0.15, -0.1) is 11.3 Å². The van der Waals surface area contributed by atoms with Gasteiger partial charge in [-0.1, -0.05) is 12.1 Å². The molecule has 2 heterocycles. The highest BCUT2D eigenvalue weighted by molar-refractivity contribution is 7.19. The molecule has 21 heavy (non-hydrogen) atoms. The number of thiophene rings is 1. The molecule has 0 spiro atoms. The van der Waals surface area contributed by atoms with Crippen LogP contribution in [0.5, 0.6) is 0 Å². The van der Waals surface area contributed by atoms with Crippen LogP contribution < -0.4 is 11.1 Å². The van der Waals surface area contributed by atoms with Crippen LogP contribution in [0.25, 0.3) is 0 Å². The molecular formula is C13H15N5O2S. The normalized spacial score (nSPS) is 10.3. The highest BCUT2D eigenvalue weighted by Crippen LogP contribution is 2.35. The minimum atomic E-state index is -0.0594. The fraction of sp³-hybridized carbons (Fsp3) is 0.385. The van der Waals surface area contributed by atoms with Crippen LogP contribution in [0.3, 0.4) is 0 Å². The number of hydrogen-bond acceptors (Lipinski definition) is 8. The minimum absolute atomic E-state index is 0.0594. The third-order valence-corrected chi connectivity index (χ3v) is 4.04. The van der Waals surface area contributed by atoms with E-state index in [2.05, 4.69) is 15.5 Å². The number of nitrogens with two attached hydrogens (primary N) is 1. The van der Waals surface area contributed by atoms with Crippen LogP contribution in [0.4, 0.5) is 10.7 Å². The monoisotopic (exact) mass is 305 g/mol. The first-order chi connectivity index (χ1) is 10.1. The quantitative estimate of drug-likeness (QED) is 0.785. The fourth-order valence-corrected chi connectivity index (χ4v) is 2.88. The molecule has 0 saturated heterocycles. The van der Waals surface area contributed by atoms with E-state index in [0.717, 1.165) is 0 Å². The summed E-state index contributed by atoms with van der Waals surface area (Å²) < 4.78 is 4.88. The molecule has 2 aromatic rings. The molecule has 8 heteroatoms. The van der Waals surface area contributed by atoms with E-state index in [1.54, 1.807) is 13.8 Å². The molecule has 2 aromatic heterocycles. The first-order valence-corrected chi connectivity index (χ1v) is 7.27. The maximum Gasteiger partial charge on any atom is 0.223 e. The summed E-state index contributed by atoms with van der Waals surface area (Å²) in [5.41, 5.74) is 6.44. The van der Waals surface area contributed by atoms with Gasteiger partial charge in [-0.2, -0.15) is 10.2 Å². The zero-order valence-electron chi connectivity index (χ0n) is 11.8. The number of nitriles is 1. The molecule has 0 saturated carbocycles. The number of carbonyl (C=O) groups is 1. The highest BCUT2D eigenvalue weighted by Gasteiger charge is 2.19. The van der Waals surface area contributed by atoms with Gasteiger partial charge in [-0.25, -0.2) is 0 Å². The Balaban J connectivity index is 2.09. The molecule has 7 nitrogen and oxygen atoms in total. The summed E-state index contributed by atoms with van der Waals surface area (Å²) in [6.07, 6.45) is 0.911. The lowest BCUT2D eigenvalue weighted by Gasteiger charge is -2.01. The first kappa shape index (κ1) is 15.0. The van der Waals surface area contributed by atoms with Crippen molar-refractivity contribution in [2.45, 2.75) is 26.7 Å². The second kappa shape index (κ2) is 6.37. The number of rotatable bonds is 6. The van der Waals surface area contributed by atoms with Crippen LogP contribution >= 0.6 is 11.3 Å². The molecular weight excluding hydrogens is 290 g/mol. The molecule has 3 N–H and O–H groups in total. The van der Waals surface area contributed by atoms with E-state index < -0.39 is 0 Å². The molecule has 0 aliphatic rings. The zero-order chi connectivity index (χ0) is 15.4. The Morgan fingerprint density at radius 1 is 1.57 bits per heavy atom.